The maximum Gasteiger partial charge on any atom is 0.343 e. The third kappa shape index (κ3) is 3.39. The molecule has 21 heavy (non-hydrogen) atoms. The van der Waals surface area contributed by atoms with Gasteiger partial charge >= 0.3 is 5.97 Å². The first-order valence-electron chi connectivity index (χ1n) is 6.17. The van der Waals surface area contributed by atoms with Crippen molar-refractivity contribution in [3.8, 4) is 17.2 Å². The van der Waals surface area contributed by atoms with Crippen molar-refractivity contribution in [2.24, 2.45) is 0 Å². The molecule has 0 fully saturated rings. The number of ether oxygens (including phenoxy) is 3. The van der Waals surface area contributed by atoms with E-state index in [2.05, 4.69) is 0 Å². The van der Waals surface area contributed by atoms with E-state index in [4.69, 9.17) is 14.2 Å². The number of carbonyl (C=O) groups excluding carboxylic acids is 2. The minimum atomic E-state index is -0.543. The lowest BCUT2D eigenvalue weighted by Crippen LogP contribution is -2.09. The van der Waals surface area contributed by atoms with Crippen LogP contribution in [-0.2, 0) is 0 Å². The van der Waals surface area contributed by atoms with E-state index in [1.807, 2.05) is 0 Å². The summed E-state index contributed by atoms with van der Waals surface area (Å²) in [6.07, 6.45) is 0.671. The van der Waals surface area contributed by atoms with Crippen molar-refractivity contribution in [3.05, 3.63) is 53.6 Å². The molecule has 0 unspecified atom stereocenters. The predicted molar refractivity (Wildman–Crippen MR) is 76.3 cm³/mol. The van der Waals surface area contributed by atoms with Gasteiger partial charge in [0.25, 0.3) is 0 Å². The predicted octanol–water partition coefficient (Wildman–Crippen LogP) is 2.74. The molecule has 5 nitrogen and oxygen atoms in total. The van der Waals surface area contributed by atoms with Gasteiger partial charge in [0.15, 0.2) is 11.5 Å². The first-order valence-corrected chi connectivity index (χ1v) is 6.17. The third-order valence-corrected chi connectivity index (χ3v) is 2.85. The normalized spacial score (nSPS) is 9.81. The molecule has 0 aromatic heterocycles. The van der Waals surface area contributed by atoms with Gasteiger partial charge in [-0.25, -0.2) is 4.79 Å². The van der Waals surface area contributed by atoms with Crippen LogP contribution in [0.3, 0.4) is 0 Å². The highest BCUT2D eigenvalue weighted by molar-refractivity contribution is 5.91. The van der Waals surface area contributed by atoms with Gasteiger partial charge in [-0.1, -0.05) is 0 Å². The number of methoxy groups -OCH3 is 2. The van der Waals surface area contributed by atoms with Crippen LogP contribution in [0, 0.1) is 0 Å². The molecule has 2 aromatic carbocycles. The lowest BCUT2D eigenvalue weighted by molar-refractivity contribution is 0.0729. The highest BCUT2D eigenvalue weighted by Gasteiger charge is 2.13. The van der Waals surface area contributed by atoms with Gasteiger partial charge in [-0.3, -0.25) is 4.79 Å². The van der Waals surface area contributed by atoms with E-state index in [1.54, 1.807) is 43.5 Å². The Morgan fingerprint density at radius 2 is 1.67 bits per heavy atom. The van der Waals surface area contributed by atoms with Gasteiger partial charge < -0.3 is 14.2 Å². The average molecular weight is 286 g/mol. The van der Waals surface area contributed by atoms with E-state index in [-0.39, 0.29) is 5.75 Å². The van der Waals surface area contributed by atoms with Gasteiger partial charge in [0, 0.05) is 5.56 Å². The Morgan fingerprint density at radius 1 is 0.952 bits per heavy atom. The molecule has 0 amide bonds. The molecule has 0 heterocycles. The fourth-order valence-electron chi connectivity index (χ4n) is 1.73. The summed E-state index contributed by atoms with van der Waals surface area (Å²) in [7, 11) is 3.00. The van der Waals surface area contributed by atoms with Crippen LogP contribution in [0.15, 0.2) is 42.5 Å². The molecule has 2 aromatic rings. The van der Waals surface area contributed by atoms with Gasteiger partial charge in [-0.15, -0.1) is 0 Å². The lowest BCUT2D eigenvalue weighted by Gasteiger charge is -2.10. The second kappa shape index (κ2) is 6.56. The number of esters is 1. The minimum absolute atomic E-state index is 0.197. The molecule has 0 N–H and O–H groups in total. The van der Waals surface area contributed by atoms with Crippen LogP contribution in [0.1, 0.15) is 20.7 Å². The molecule has 0 atom stereocenters. The summed E-state index contributed by atoms with van der Waals surface area (Å²) >= 11 is 0. The van der Waals surface area contributed by atoms with Gasteiger partial charge in [0.05, 0.1) is 19.8 Å². The van der Waals surface area contributed by atoms with Crippen LogP contribution in [0.2, 0.25) is 0 Å². The lowest BCUT2D eigenvalue weighted by atomic mass is 10.2. The Bertz CT molecular complexity index is 646. The molecule has 0 spiro atoms. The molecular weight excluding hydrogens is 272 g/mol. The van der Waals surface area contributed by atoms with Crippen molar-refractivity contribution in [3.63, 3.8) is 0 Å². The molecule has 5 heteroatoms. The highest BCUT2D eigenvalue weighted by atomic mass is 16.6. The Balaban J connectivity index is 2.23. The summed E-state index contributed by atoms with van der Waals surface area (Å²) in [5.74, 6) is 0.677. The maximum absolute atomic E-state index is 12.1. The fraction of sp³-hybridized carbons (Fsp3) is 0.125. The smallest absolute Gasteiger partial charge is 0.343 e. The van der Waals surface area contributed by atoms with E-state index in [0.29, 0.717) is 28.9 Å². The van der Waals surface area contributed by atoms with Gasteiger partial charge in [0.1, 0.15) is 12.0 Å². The van der Waals surface area contributed by atoms with Crippen LogP contribution in [-0.4, -0.2) is 26.5 Å². The summed E-state index contributed by atoms with van der Waals surface area (Å²) in [6, 6.07) is 11.1. The number of rotatable bonds is 5. The molecule has 0 aliphatic carbocycles. The zero-order chi connectivity index (χ0) is 15.2. The van der Waals surface area contributed by atoms with Crippen LogP contribution in [0.5, 0.6) is 17.2 Å². The minimum Gasteiger partial charge on any atom is -0.497 e. The number of carbonyl (C=O) groups is 2. The Labute approximate surface area is 122 Å². The molecule has 0 aliphatic rings. The zero-order valence-corrected chi connectivity index (χ0v) is 11.7. The summed E-state index contributed by atoms with van der Waals surface area (Å²) < 4.78 is 15.4. The maximum atomic E-state index is 12.1. The topological polar surface area (TPSA) is 61.8 Å². The van der Waals surface area contributed by atoms with Crippen LogP contribution in [0.4, 0.5) is 0 Å². The SMILES string of the molecule is COc1ccc(C(=O)Oc2cc(C=O)ccc2OC)cc1. The summed E-state index contributed by atoms with van der Waals surface area (Å²) in [4.78, 5) is 22.9. The number of hydrogen-bond acceptors (Lipinski definition) is 5. The number of hydrogen-bond donors (Lipinski definition) is 0. The summed E-state index contributed by atoms with van der Waals surface area (Å²) in [5.41, 5.74) is 0.766. The van der Waals surface area contributed by atoms with Crippen molar-refractivity contribution in [1.29, 1.82) is 0 Å². The van der Waals surface area contributed by atoms with E-state index >= 15 is 0 Å². The molecule has 0 radical (unpaired) electrons. The van der Waals surface area contributed by atoms with Gasteiger partial charge in [-0.2, -0.15) is 0 Å². The fourth-order valence-corrected chi connectivity index (χ4v) is 1.73. The van der Waals surface area contributed by atoms with E-state index < -0.39 is 5.97 Å². The van der Waals surface area contributed by atoms with Crippen LogP contribution < -0.4 is 14.2 Å². The molecular formula is C16H14O5. The number of benzene rings is 2. The Hall–Kier alpha value is -2.82. The van der Waals surface area contributed by atoms with Crippen molar-refractivity contribution >= 4 is 12.3 Å². The summed E-state index contributed by atoms with van der Waals surface area (Å²) in [5, 5.41) is 0. The molecule has 0 saturated carbocycles. The highest BCUT2D eigenvalue weighted by Crippen LogP contribution is 2.28. The molecule has 0 bridgehead atoms. The van der Waals surface area contributed by atoms with Crippen molar-refractivity contribution in [2.45, 2.75) is 0 Å². The number of aldehydes is 1. The van der Waals surface area contributed by atoms with E-state index in [1.165, 1.54) is 13.2 Å². The van der Waals surface area contributed by atoms with Crippen molar-refractivity contribution in [2.75, 3.05) is 14.2 Å². The van der Waals surface area contributed by atoms with Crippen molar-refractivity contribution in [1.82, 2.24) is 0 Å². The summed E-state index contributed by atoms with van der Waals surface area (Å²) in [6.45, 7) is 0. The van der Waals surface area contributed by atoms with E-state index in [9.17, 15) is 9.59 Å². The van der Waals surface area contributed by atoms with Crippen LogP contribution >= 0.6 is 0 Å². The zero-order valence-electron chi connectivity index (χ0n) is 11.7. The average Bonchev–Trinajstić information content (AvgIpc) is 2.54. The van der Waals surface area contributed by atoms with Crippen molar-refractivity contribution < 1.29 is 23.8 Å². The van der Waals surface area contributed by atoms with Gasteiger partial charge in [0.2, 0.25) is 0 Å². The largest absolute Gasteiger partial charge is 0.497 e. The molecule has 0 aliphatic heterocycles. The molecule has 0 saturated heterocycles. The Kier molecular flexibility index (Phi) is 4.56. The first-order chi connectivity index (χ1) is 10.2. The monoisotopic (exact) mass is 286 g/mol. The molecule has 108 valence electrons. The molecule has 2 rings (SSSR count). The standard InChI is InChI=1S/C16H14O5/c1-19-13-6-4-12(5-7-13)16(18)21-15-9-11(10-17)3-8-14(15)20-2/h3-10H,1-2H3. The first kappa shape index (κ1) is 14.6. The quantitative estimate of drug-likeness (QED) is 0.480. The third-order valence-electron chi connectivity index (χ3n) is 2.85. The Morgan fingerprint density at radius 3 is 2.24 bits per heavy atom. The second-order valence-corrected chi connectivity index (χ2v) is 4.15. The van der Waals surface area contributed by atoms with E-state index in [0.717, 1.165) is 0 Å². The van der Waals surface area contributed by atoms with Gasteiger partial charge in [-0.05, 0) is 42.5 Å². The van der Waals surface area contributed by atoms with Crippen LogP contribution in [0.25, 0.3) is 0 Å². The second-order valence-electron chi connectivity index (χ2n) is 4.15.